The highest BCUT2D eigenvalue weighted by Gasteiger charge is 2.12. The van der Waals surface area contributed by atoms with Gasteiger partial charge >= 0.3 is 0 Å². The zero-order valence-electron chi connectivity index (χ0n) is 6.04. The van der Waals surface area contributed by atoms with Gasteiger partial charge in [-0.3, -0.25) is 4.67 Å². The van der Waals surface area contributed by atoms with Crippen molar-refractivity contribution in [2.75, 3.05) is 13.6 Å². The summed E-state index contributed by atoms with van der Waals surface area (Å²) in [4.78, 5) is 9.36. The van der Waals surface area contributed by atoms with Crippen molar-refractivity contribution >= 4 is 13.7 Å². The predicted molar refractivity (Wildman–Crippen MR) is 46.2 cm³/mol. The van der Waals surface area contributed by atoms with Crippen molar-refractivity contribution in [2.45, 2.75) is 6.42 Å². The molecule has 0 aromatic carbocycles. The van der Waals surface area contributed by atoms with Gasteiger partial charge in [-0.2, -0.15) is 0 Å². The Labute approximate surface area is 62.4 Å². The van der Waals surface area contributed by atoms with Gasteiger partial charge in [-0.15, -0.1) is 6.42 Å². The minimum absolute atomic E-state index is 0.204. The van der Waals surface area contributed by atoms with Crippen LogP contribution in [0.3, 0.4) is 0 Å². The molecule has 1 heterocycles. The van der Waals surface area contributed by atoms with E-state index in [0.717, 1.165) is 13.0 Å². The summed E-state index contributed by atoms with van der Waals surface area (Å²) in [6.45, 7) is 0.927. The van der Waals surface area contributed by atoms with Crippen LogP contribution in [-0.2, 0) is 0 Å². The summed E-state index contributed by atoms with van der Waals surface area (Å²) in [5.41, 5.74) is 0. The predicted octanol–water partition coefficient (Wildman–Crippen LogP) is 0.410. The SMILES string of the molecule is C#CC1C=[PH](O)N(C)CC1. The van der Waals surface area contributed by atoms with Gasteiger partial charge < -0.3 is 4.89 Å². The molecule has 10 heavy (non-hydrogen) atoms. The molecule has 1 aliphatic rings. The van der Waals surface area contributed by atoms with Crippen LogP contribution >= 0.6 is 7.92 Å². The molecule has 3 heteroatoms. The van der Waals surface area contributed by atoms with Crippen LogP contribution < -0.4 is 0 Å². The van der Waals surface area contributed by atoms with Crippen molar-refractivity contribution in [3.63, 3.8) is 0 Å². The molecule has 0 saturated carbocycles. The van der Waals surface area contributed by atoms with Crippen molar-refractivity contribution in [3.8, 4) is 12.3 Å². The molecule has 2 atom stereocenters. The molecule has 0 aliphatic carbocycles. The van der Waals surface area contributed by atoms with Gasteiger partial charge in [0.05, 0.1) is 7.92 Å². The van der Waals surface area contributed by atoms with E-state index >= 15 is 0 Å². The molecule has 2 unspecified atom stereocenters. The molecule has 0 radical (unpaired) electrons. The lowest BCUT2D eigenvalue weighted by Crippen LogP contribution is -2.20. The zero-order valence-corrected chi connectivity index (χ0v) is 7.04. The average Bonchev–Trinajstić information content (AvgIpc) is 1.95. The van der Waals surface area contributed by atoms with Crippen molar-refractivity contribution in [1.82, 2.24) is 4.67 Å². The maximum absolute atomic E-state index is 9.36. The van der Waals surface area contributed by atoms with E-state index in [9.17, 15) is 4.89 Å². The third-order valence-electron chi connectivity index (χ3n) is 1.73. The summed E-state index contributed by atoms with van der Waals surface area (Å²) in [6.07, 6.45) is 6.20. The largest absolute Gasteiger partial charge is 0.365 e. The quantitative estimate of drug-likeness (QED) is 0.406. The Morgan fingerprint density at radius 3 is 3.10 bits per heavy atom. The molecule has 0 saturated heterocycles. The van der Waals surface area contributed by atoms with E-state index in [0.29, 0.717) is 0 Å². The van der Waals surface area contributed by atoms with Crippen molar-refractivity contribution in [1.29, 1.82) is 0 Å². The minimum atomic E-state index is -1.37. The lowest BCUT2D eigenvalue weighted by Gasteiger charge is -2.24. The Kier molecular flexibility index (Phi) is 2.56. The molecule has 0 aromatic rings. The Bertz CT molecular complexity index is 194. The Morgan fingerprint density at radius 1 is 1.90 bits per heavy atom. The first-order valence-corrected chi connectivity index (χ1v) is 4.79. The number of hydrogen-bond donors (Lipinski definition) is 1. The van der Waals surface area contributed by atoms with Crippen LogP contribution in [0.15, 0.2) is 0 Å². The Morgan fingerprint density at radius 2 is 2.60 bits per heavy atom. The first-order valence-electron chi connectivity index (χ1n) is 3.32. The lowest BCUT2D eigenvalue weighted by atomic mass is 10.1. The minimum Gasteiger partial charge on any atom is -0.365 e. The second-order valence-electron chi connectivity index (χ2n) is 2.51. The van der Waals surface area contributed by atoms with Crippen LogP contribution in [0.5, 0.6) is 0 Å². The van der Waals surface area contributed by atoms with Gasteiger partial charge in [0.15, 0.2) is 0 Å². The van der Waals surface area contributed by atoms with Gasteiger partial charge in [0, 0.05) is 12.5 Å². The molecule has 1 rings (SSSR count). The molecule has 0 aromatic heterocycles. The standard InChI is InChI=1S/C7H12NOP/c1-3-7-4-5-8(2)10(9)6-7/h1,6-7,9-10H,4-5H2,2H3. The molecule has 0 bridgehead atoms. The van der Waals surface area contributed by atoms with E-state index < -0.39 is 7.92 Å². The summed E-state index contributed by atoms with van der Waals surface area (Å²) in [5, 5.41) is 0. The summed E-state index contributed by atoms with van der Waals surface area (Å²) in [6, 6.07) is 0. The number of hydrogen-bond acceptors (Lipinski definition) is 2. The summed E-state index contributed by atoms with van der Waals surface area (Å²) in [7, 11) is 0.563. The fraction of sp³-hybridized carbons (Fsp3) is 0.571. The monoisotopic (exact) mass is 157 g/mol. The van der Waals surface area contributed by atoms with Crippen LogP contribution in [-0.4, -0.2) is 29.0 Å². The Balaban J connectivity index is 2.68. The van der Waals surface area contributed by atoms with Crippen LogP contribution in [0, 0.1) is 18.3 Å². The van der Waals surface area contributed by atoms with Gasteiger partial charge in [0.25, 0.3) is 0 Å². The van der Waals surface area contributed by atoms with Crippen LogP contribution in [0.1, 0.15) is 6.42 Å². The topological polar surface area (TPSA) is 23.5 Å². The fourth-order valence-electron chi connectivity index (χ4n) is 0.969. The molecule has 0 amide bonds. The van der Waals surface area contributed by atoms with E-state index in [2.05, 4.69) is 5.92 Å². The number of terminal acetylenes is 1. The average molecular weight is 157 g/mol. The van der Waals surface area contributed by atoms with E-state index in [4.69, 9.17) is 6.42 Å². The van der Waals surface area contributed by atoms with E-state index in [-0.39, 0.29) is 5.92 Å². The highest BCUT2D eigenvalue weighted by molar-refractivity contribution is 7.49. The van der Waals surface area contributed by atoms with Crippen LogP contribution in [0.4, 0.5) is 0 Å². The maximum atomic E-state index is 9.36. The van der Waals surface area contributed by atoms with Crippen molar-refractivity contribution in [2.24, 2.45) is 5.92 Å². The number of nitrogens with zero attached hydrogens (tertiary/aromatic N) is 1. The second-order valence-corrected chi connectivity index (χ2v) is 4.32. The second kappa shape index (κ2) is 3.25. The molecular formula is C7H12NOP. The molecule has 1 aliphatic heterocycles. The zero-order chi connectivity index (χ0) is 7.56. The van der Waals surface area contributed by atoms with Crippen molar-refractivity contribution < 1.29 is 4.89 Å². The third-order valence-corrected chi connectivity index (χ3v) is 3.44. The summed E-state index contributed by atoms with van der Waals surface area (Å²) >= 11 is 0. The van der Waals surface area contributed by atoms with Gasteiger partial charge in [-0.1, -0.05) is 5.92 Å². The van der Waals surface area contributed by atoms with Crippen molar-refractivity contribution in [3.05, 3.63) is 0 Å². The fourth-order valence-corrected chi connectivity index (χ4v) is 2.20. The first-order chi connectivity index (χ1) is 4.74. The number of rotatable bonds is 0. The van der Waals surface area contributed by atoms with Gasteiger partial charge in [-0.25, -0.2) is 0 Å². The smallest absolute Gasteiger partial charge is 0.0512 e. The Hall–Kier alpha value is -0.220. The van der Waals surface area contributed by atoms with E-state index in [1.54, 1.807) is 0 Å². The first kappa shape index (κ1) is 7.88. The van der Waals surface area contributed by atoms with Gasteiger partial charge in [0.1, 0.15) is 0 Å². The molecular weight excluding hydrogens is 145 g/mol. The van der Waals surface area contributed by atoms with Crippen LogP contribution in [0.25, 0.3) is 0 Å². The van der Waals surface area contributed by atoms with Gasteiger partial charge in [0.2, 0.25) is 0 Å². The van der Waals surface area contributed by atoms with Crippen LogP contribution in [0.2, 0.25) is 0 Å². The molecule has 0 fully saturated rings. The summed E-state index contributed by atoms with van der Waals surface area (Å²) in [5.74, 6) is 4.74. The highest BCUT2D eigenvalue weighted by Crippen LogP contribution is 2.27. The molecule has 1 N–H and O–H groups in total. The molecule has 0 spiro atoms. The molecule has 2 nitrogen and oxygen atoms in total. The van der Waals surface area contributed by atoms with E-state index in [1.807, 2.05) is 17.5 Å². The lowest BCUT2D eigenvalue weighted by molar-refractivity contribution is 0.457. The van der Waals surface area contributed by atoms with Gasteiger partial charge in [-0.05, 0) is 19.3 Å². The summed E-state index contributed by atoms with van der Waals surface area (Å²) < 4.78 is 1.97. The molecule has 56 valence electrons. The maximum Gasteiger partial charge on any atom is 0.0512 e. The normalized spacial score (nSPS) is 34.5. The van der Waals surface area contributed by atoms with E-state index in [1.165, 1.54) is 0 Å². The third kappa shape index (κ3) is 1.64. The highest BCUT2D eigenvalue weighted by atomic mass is 31.1.